The second-order valence-electron chi connectivity index (χ2n) is 9.66. The highest BCUT2D eigenvalue weighted by Gasteiger charge is 2.56. The Kier molecular flexibility index (Phi) is 8.74. The second kappa shape index (κ2) is 12.3. The molecular weight excluding hydrogens is 623 g/mol. The standard InChI is InChI=1S/C24H27N9O7S3/c1-4-31-7-8-32(20(37)19(31)36)23(40)26-14(13-6-5-9-41-13)17(34)25-15-18(35)33-16(22(38)39)12(11(2)43-21(15)33)10-42-24-27-28-29-30(24)3/h5-6,9,11,14-15,21H,4,7-8,10H2,1-3H3,(H,25,34)(H,26,40)(H,38,39)/t11-,14?,15?,21+/m1/s1. The number of nitrogens with zero attached hydrogens (tertiary/aromatic N) is 7. The number of carboxylic acid groups (broad SMARTS) is 1. The van der Waals surface area contributed by atoms with Crippen LogP contribution in [-0.2, 0) is 31.0 Å². The molecule has 5 heterocycles. The van der Waals surface area contributed by atoms with Crippen molar-refractivity contribution in [3.8, 4) is 0 Å². The molecule has 2 aromatic heterocycles. The SMILES string of the molecule is CCN1CCN(C(=O)NC(C(=O)NC2C(=O)N3C(C(=O)O)=C(CSc4nnnn4C)[C@@H](C)S[C@@H]23)c2cccs2)C(=O)C1=O. The first kappa shape index (κ1) is 30.5. The molecule has 2 saturated heterocycles. The quantitative estimate of drug-likeness (QED) is 0.181. The van der Waals surface area contributed by atoms with Gasteiger partial charge in [0, 0.05) is 42.6 Å². The van der Waals surface area contributed by atoms with Crippen molar-refractivity contribution in [2.24, 2.45) is 7.05 Å². The lowest BCUT2D eigenvalue weighted by atomic mass is 10.0. The molecule has 16 nitrogen and oxygen atoms in total. The summed E-state index contributed by atoms with van der Waals surface area (Å²) in [5.41, 5.74) is 0.373. The number of aliphatic carboxylic acids is 1. The average molecular weight is 650 g/mol. The highest BCUT2D eigenvalue weighted by Crippen LogP contribution is 2.45. The van der Waals surface area contributed by atoms with Crippen LogP contribution >= 0.6 is 34.9 Å². The Labute approximate surface area is 257 Å². The van der Waals surface area contributed by atoms with E-state index in [1.807, 2.05) is 6.92 Å². The van der Waals surface area contributed by atoms with Crippen molar-refractivity contribution in [2.75, 3.05) is 25.4 Å². The molecule has 0 aromatic carbocycles. The lowest BCUT2D eigenvalue weighted by Crippen LogP contribution is -2.71. The van der Waals surface area contributed by atoms with Crippen LogP contribution in [0.25, 0.3) is 0 Å². The number of aryl methyl sites for hydroxylation is 1. The molecule has 3 N–H and O–H groups in total. The summed E-state index contributed by atoms with van der Waals surface area (Å²) in [5.74, 6) is -4.16. The van der Waals surface area contributed by atoms with Gasteiger partial charge in [-0.2, -0.15) is 0 Å². The summed E-state index contributed by atoms with van der Waals surface area (Å²) in [7, 11) is 1.66. The zero-order chi connectivity index (χ0) is 31.0. The summed E-state index contributed by atoms with van der Waals surface area (Å²) in [6.07, 6.45) is 0. The lowest BCUT2D eigenvalue weighted by molar-refractivity contribution is -0.153. The van der Waals surface area contributed by atoms with Crippen LogP contribution in [0.15, 0.2) is 33.9 Å². The van der Waals surface area contributed by atoms with Crippen molar-refractivity contribution in [3.05, 3.63) is 33.7 Å². The minimum absolute atomic E-state index is 0.0339. The number of hydrogen-bond acceptors (Lipinski definition) is 12. The molecule has 2 fully saturated rings. The number of thiophene rings is 1. The summed E-state index contributed by atoms with van der Waals surface area (Å²) in [6, 6.07) is 0.0550. The molecule has 228 valence electrons. The summed E-state index contributed by atoms with van der Waals surface area (Å²) < 4.78 is 1.46. The van der Waals surface area contributed by atoms with Crippen molar-refractivity contribution in [1.82, 2.24) is 45.5 Å². The Morgan fingerprint density at radius 1 is 1.21 bits per heavy atom. The van der Waals surface area contributed by atoms with Gasteiger partial charge in [-0.3, -0.25) is 29.0 Å². The largest absolute Gasteiger partial charge is 0.477 e. The van der Waals surface area contributed by atoms with E-state index >= 15 is 0 Å². The van der Waals surface area contributed by atoms with E-state index in [0.29, 0.717) is 22.2 Å². The van der Waals surface area contributed by atoms with Gasteiger partial charge in [0.05, 0.1) is 0 Å². The Hall–Kier alpha value is -3.97. The number of rotatable bonds is 9. The van der Waals surface area contributed by atoms with E-state index < -0.39 is 53.1 Å². The fraction of sp³-hybridized carbons (Fsp3) is 0.458. The van der Waals surface area contributed by atoms with Crippen LogP contribution in [0.1, 0.15) is 24.8 Å². The number of imide groups is 1. The predicted octanol–water partition coefficient (Wildman–Crippen LogP) is -0.368. The number of carbonyl (C=O) groups is 6. The lowest BCUT2D eigenvalue weighted by Gasteiger charge is -2.51. The second-order valence-corrected chi connectivity index (χ2v) is 13.0. The highest BCUT2D eigenvalue weighted by molar-refractivity contribution is 8.01. The van der Waals surface area contributed by atoms with E-state index in [2.05, 4.69) is 26.2 Å². The molecule has 0 bridgehead atoms. The third-order valence-corrected chi connectivity index (χ3v) is 10.6. The van der Waals surface area contributed by atoms with Crippen molar-refractivity contribution in [2.45, 2.75) is 41.7 Å². The van der Waals surface area contributed by atoms with Gasteiger partial charge in [0.25, 0.3) is 5.91 Å². The number of aromatic nitrogens is 4. The molecular formula is C24H27N9O7S3. The normalized spacial score (nSPS) is 22.7. The Morgan fingerprint density at radius 2 is 1.98 bits per heavy atom. The first-order chi connectivity index (χ1) is 20.5. The number of carbonyl (C=O) groups excluding carboxylic acids is 5. The number of urea groups is 1. The smallest absolute Gasteiger partial charge is 0.352 e. The zero-order valence-corrected chi connectivity index (χ0v) is 25.6. The van der Waals surface area contributed by atoms with E-state index in [1.165, 1.54) is 49.3 Å². The van der Waals surface area contributed by atoms with Gasteiger partial charge >= 0.3 is 23.8 Å². The predicted molar refractivity (Wildman–Crippen MR) is 153 cm³/mol. The minimum Gasteiger partial charge on any atom is -0.477 e. The number of tetrazole rings is 1. The van der Waals surface area contributed by atoms with Gasteiger partial charge < -0.3 is 20.6 Å². The van der Waals surface area contributed by atoms with Gasteiger partial charge in [-0.25, -0.2) is 14.3 Å². The Balaban J connectivity index is 1.31. The summed E-state index contributed by atoms with van der Waals surface area (Å²) in [4.78, 5) is 80.7. The first-order valence-corrected chi connectivity index (χ1v) is 15.9. The molecule has 0 spiro atoms. The first-order valence-electron chi connectivity index (χ1n) is 13.1. The summed E-state index contributed by atoms with van der Waals surface area (Å²) in [5, 5.41) is 27.7. The van der Waals surface area contributed by atoms with Crippen molar-refractivity contribution < 1.29 is 33.9 Å². The Morgan fingerprint density at radius 3 is 2.60 bits per heavy atom. The van der Waals surface area contributed by atoms with Crippen LogP contribution in [0, 0.1) is 0 Å². The molecule has 3 aliphatic rings. The van der Waals surface area contributed by atoms with E-state index in [0.717, 1.165) is 4.90 Å². The van der Waals surface area contributed by atoms with E-state index in [-0.39, 0.29) is 29.8 Å². The van der Waals surface area contributed by atoms with Gasteiger partial charge in [0.1, 0.15) is 23.2 Å². The third kappa shape index (κ3) is 5.70. The van der Waals surface area contributed by atoms with Crippen LogP contribution in [0.4, 0.5) is 4.79 Å². The average Bonchev–Trinajstić information content (AvgIpc) is 3.66. The topological polar surface area (TPSA) is 200 Å². The molecule has 3 aliphatic heterocycles. The van der Waals surface area contributed by atoms with Gasteiger partial charge in [0.15, 0.2) is 0 Å². The van der Waals surface area contributed by atoms with Crippen LogP contribution in [0.2, 0.25) is 0 Å². The number of thioether (sulfide) groups is 2. The number of β-lactam (4-membered cyclic amide) rings is 1. The van der Waals surface area contributed by atoms with Gasteiger partial charge in [-0.1, -0.05) is 17.8 Å². The van der Waals surface area contributed by atoms with Gasteiger partial charge in [-0.15, -0.1) is 28.2 Å². The molecule has 43 heavy (non-hydrogen) atoms. The third-order valence-electron chi connectivity index (χ3n) is 7.15. The van der Waals surface area contributed by atoms with Gasteiger partial charge in [0.2, 0.25) is 11.1 Å². The summed E-state index contributed by atoms with van der Waals surface area (Å²) >= 11 is 3.75. The molecule has 5 rings (SSSR count). The molecule has 2 unspecified atom stereocenters. The van der Waals surface area contributed by atoms with E-state index in [1.54, 1.807) is 31.5 Å². The number of fused-ring (bicyclic) bond motifs is 1. The van der Waals surface area contributed by atoms with Crippen molar-refractivity contribution in [1.29, 1.82) is 0 Å². The number of piperazine rings is 1. The maximum Gasteiger partial charge on any atom is 0.352 e. The number of nitrogens with one attached hydrogen (secondary N) is 2. The van der Waals surface area contributed by atoms with Crippen LogP contribution in [0.3, 0.4) is 0 Å². The molecule has 2 aromatic rings. The molecule has 19 heteroatoms. The Bertz CT molecular complexity index is 1510. The van der Waals surface area contributed by atoms with Crippen molar-refractivity contribution in [3.63, 3.8) is 0 Å². The molecule has 0 saturated carbocycles. The minimum atomic E-state index is -1.27. The number of likely N-dealkylation sites (N-methyl/N-ethyl adjacent to an activating group) is 1. The molecule has 0 aliphatic carbocycles. The molecule has 0 radical (unpaired) electrons. The van der Waals surface area contributed by atoms with Crippen LogP contribution in [-0.4, -0.2) is 118 Å². The fourth-order valence-electron chi connectivity index (χ4n) is 4.85. The van der Waals surface area contributed by atoms with Crippen molar-refractivity contribution >= 4 is 70.5 Å². The highest BCUT2D eigenvalue weighted by atomic mass is 32.2. The van der Waals surface area contributed by atoms with Gasteiger partial charge in [-0.05, 0) is 41.3 Å². The number of carboxylic acids is 1. The maximum absolute atomic E-state index is 13.5. The summed E-state index contributed by atoms with van der Waals surface area (Å²) in [6.45, 7) is 4.00. The fourth-order valence-corrected chi connectivity index (χ4v) is 8.17. The van der Waals surface area contributed by atoms with E-state index in [4.69, 9.17) is 0 Å². The van der Waals surface area contributed by atoms with Crippen LogP contribution < -0.4 is 10.6 Å². The zero-order valence-electron chi connectivity index (χ0n) is 23.1. The molecule has 6 amide bonds. The number of amides is 6. The maximum atomic E-state index is 13.5. The number of hydrogen-bond donors (Lipinski definition) is 3. The molecule has 4 atom stereocenters. The van der Waals surface area contributed by atoms with Crippen LogP contribution in [0.5, 0.6) is 0 Å². The van der Waals surface area contributed by atoms with E-state index in [9.17, 15) is 33.9 Å². The monoisotopic (exact) mass is 649 g/mol.